The first-order valence-electron chi connectivity index (χ1n) is 7.07. The van der Waals surface area contributed by atoms with Crippen molar-refractivity contribution >= 4 is 16.7 Å². The number of nitrogens with one attached hydrogen (secondary N) is 1. The Bertz CT molecular complexity index is 795. The van der Waals surface area contributed by atoms with E-state index in [0.717, 1.165) is 24.6 Å². The molecule has 4 heteroatoms. The van der Waals surface area contributed by atoms with Crippen LogP contribution in [-0.4, -0.2) is 16.5 Å². The molecule has 0 bridgehead atoms. The molecule has 21 heavy (non-hydrogen) atoms. The average molecular weight is 280 g/mol. The Hall–Kier alpha value is -2.54. The molecule has 106 valence electrons. The molecular weight excluding hydrogens is 264 g/mol. The number of carbonyl (C=O) groups is 1. The number of rotatable bonds is 3. The standard InChI is InChI=1S/C17H16N2O2/c1-2-10-19-15(16(20)18-13-7-5-8-13)11-12-6-3-4-9-14(12)17(19)21/h1,3-4,6,9,11,13H,5,7-8,10H2,(H,18,20). The van der Waals surface area contributed by atoms with E-state index in [2.05, 4.69) is 11.2 Å². The molecule has 1 aromatic heterocycles. The van der Waals surface area contributed by atoms with Gasteiger partial charge in [-0.25, -0.2) is 0 Å². The zero-order valence-electron chi connectivity index (χ0n) is 11.6. The zero-order chi connectivity index (χ0) is 14.8. The molecule has 0 spiro atoms. The van der Waals surface area contributed by atoms with Gasteiger partial charge in [-0.1, -0.05) is 24.1 Å². The van der Waals surface area contributed by atoms with E-state index in [-0.39, 0.29) is 24.1 Å². The maximum Gasteiger partial charge on any atom is 0.268 e. The smallest absolute Gasteiger partial charge is 0.268 e. The summed E-state index contributed by atoms with van der Waals surface area (Å²) in [4.78, 5) is 24.9. The lowest BCUT2D eigenvalue weighted by atomic mass is 9.93. The molecule has 1 heterocycles. The van der Waals surface area contributed by atoms with E-state index in [0.29, 0.717) is 11.1 Å². The van der Waals surface area contributed by atoms with Crippen molar-refractivity contribution in [3.8, 4) is 12.3 Å². The summed E-state index contributed by atoms with van der Waals surface area (Å²) in [6, 6.07) is 9.19. The Kier molecular flexibility index (Phi) is 3.49. The fraction of sp³-hybridized carbons (Fsp3) is 0.294. The number of pyridine rings is 1. The van der Waals surface area contributed by atoms with E-state index < -0.39 is 0 Å². The van der Waals surface area contributed by atoms with Crippen molar-refractivity contribution in [2.45, 2.75) is 31.8 Å². The molecule has 3 rings (SSSR count). The van der Waals surface area contributed by atoms with Crippen molar-refractivity contribution in [1.29, 1.82) is 0 Å². The molecule has 0 unspecified atom stereocenters. The van der Waals surface area contributed by atoms with E-state index in [1.807, 2.05) is 12.1 Å². The van der Waals surface area contributed by atoms with Gasteiger partial charge in [0, 0.05) is 11.4 Å². The van der Waals surface area contributed by atoms with Gasteiger partial charge in [0.05, 0.1) is 6.54 Å². The Morgan fingerprint density at radius 2 is 2.14 bits per heavy atom. The van der Waals surface area contributed by atoms with Crippen LogP contribution in [0.15, 0.2) is 35.1 Å². The van der Waals surface area contributed by atoms with E-state index in [9.17, 15) is 9.59 Å². The number of nitrogens with zero attached hydrogens (tertiary/aromatic N) is 1. The molecule has 1 fully saturated rings. The Labute approximate surface area is 122 Å². The quantitative estimate of drug-likeness (QED) is 0.873. The summed E-state index contributed by atoms with van der Waals surface area (Å²) < 4.78 is 1.37. The molecule has 0 aliphatic heterocycles. The van der Waals surface area contributed by atoms with Gasteiger partial charge in [-0.2, -0.15) is 0 Å². The monoisotopic (exact) mass is 280 g/mol. The molecule has 0 saturated heterocycles. The van der Waals surface area contributed by atoms with Gasteiger partial charge in [0.2, 0.25) is 0 Å². The van der Waals surface area contributed by atoms with Crippen molar-refractivity contribution < 1.29 is 4.79 Å². The van der Waals surface area contributed by atoms with Crippen LogP contribution in [0.1, 0.15) is 29.8 Å². The summed E-state index contributed by atoms with van der Waals surface area (Å²) in [6.45, 7) is 0.0943. The third-order valence-corrected chi connectivity index (χ3v) is 3.94. The summed E-state index contributed by atoms with van der Waals surface area (Å²) in [5.41, 5.74) is 0.119. The van der Waals surface area contributed by atoms with Crippen LogP contribution < -0.4 is 10.9 Å². The number of hydrogen-bond acceptors (Lipinski definition) is 2. The first-order valence-corrected chi connectivity index (χ1v) is 7.07. The second kappa shape index (κ2) is 5.45. The lowest BCUT2D eigenvalue weighted by Gasteiger charge is -2.26. The molecule has 4 nitrogen and oxygen atoms in total. The minimum absolute atomic E-state index is 0.0943. The topological polar surface area (TPSA) is 51.1 Å². The SMILES string of the molecule is C#CCn1c(C(=O)NC2CCC2)cc2ccccc2c1=O. The number of terminal acetylenes is 1. The second-order valence-electron chi connectivity index (χ2n) is 5.31. The highest BCUT2D eigenvalue weighted by Crippen LogP contribution is 2.19. The fourth-order valence-electron chi connectivity index (χ4n) is 2.55. The number of carbonyl (C=O) groups excluding carboxylic acids is 1. The highest BCUT2D eigenvalue weighted by atomic mass is 16.2. The van der Waals surface area contributed by atoms with Crippen molar-refractivity contribution in [3.05, 3.63) is 46.4 Å². The van der Waals surface area contributed by atoms with Crippen molar-refractivity contribution in [2.24, 2.45) is 0 Å². The predicted octanol–water partition coefficient (Wildman–Crippen LogP) is 1.92. The van der Waals surface area contributed by atoms with Gasteiger partial charge >= 0.3 is 0 Å². The van der Waals surface area contributed by atoms with Crippen LogP contribution in [0.25, 0.3) is 10.8 Å². The van der Waals surface area contributed by atoms with Gasteiger partial charge in [-0.05, 0) is 36.8 Å². The Morgan fingerprint density at radius 3 is 2.81 bits per heavy atom. The largest absolute Gasteiger partial charge is 0.348 e. The fourth-order valence-corrected chi connectivity index (χ4v) is 2.55. The first-order chi connectivity index (χ1) is 10.2. The third kappa shape index (κ3) is 2.43. The van der Waals surface area contributed by atoms with Gasteiger partial charge in [0.15, 0.2) is 0 Å². The first kappa shape index (κ1) is 13.4. The summed E-state index contributed by atoms with van der Waals surface area (Å²) >= 11 is 0. The maximum atomic E-state index is 12.5. The van der Waals surface area contributed by atoms with Crippen LogP contribution >= 0.6 is 0 Å². The summed E-state index contributed by atoms with van der Waals surface area (Å²) in [6.07, 6.45) is 8.48. The van der Waals surface area contributed by atoms with Gasteiger partial charge in [-0.3, -0.25) is 14.2 Å². The highest BCUT2D eigenvalue weighted by molar-refractivity contribution is 5.96. The highest BCUT2D eigenvalue weighted by Gasteiger charge is 2.22. The summed E-state index contributed by atoms with van der Waals surface area (Å²) in [5, 5.41) is 4.29. The molecule has 1 aromatic carbocycles. The molecule has 1 aliphatic carbocycles. The van der Waals surface area contributed by atoms with Crippen molar-refractivity contribution in [3.63, 3.8) is 0 Å². The molecule has 1 saturated carbocycles. The van der Waals surface area contributed by atoms with Gasteiger partial charge in [0.1, 0.15) is 5.69 Å². The van der Waals surface area contributed by atoms with Crippen LogP contribution in [-0.2, 0) is 6.54 Å². The van der Waals surface area contributed by atoms with Crippen LogP contribution in [0.5, 0.6) is 0 Å². The average Bonchev–Trinajstić information content (AvgIpc) is 2.45. The van der Waals surface area contributed by atoms with Crippen molar-refractivity contribution in [2.75, 3.05) is 0 Å². The number of fused-ring (bicyclic) bond motifs is 1. The Morgan fingerprint density at radius 1 is 1.38 bits per heavy atom. The summed E-state index contributed by atoms with van der Waals surface area (Å²) in [7, 11) is 0. The van der Waals surface area contributed by atoms with E-state index in [4.69, 9.17) is 6.42 Å². The molecule has 1 aliphatic rings. The summed E-state index contributed by atoms with van der Waals surface area (Å²) in [5.74, 6) is 2.22. The van der Waals surface area contributed by atoms with Crippen LogP contribution in [0, 0.1) is 12.3 Å². The number of hydrogen-bond donors (Lipinski definition) is 1. The van der Waals surface area contributed by atoms with Gasteiger partial charge in [-0.15, -0.1) is 6.42 Å². The normalized spacial score (nSPS) is 14.4. The zero-order valence-corrected chi connectivity index (χ0v) is 11.6. The van der Waals surface area contributed by atoms with E-state index in [1.54, 1.807) is 18.2 Å². The van der Waals surface area contributed by atoms with Crippen LogP contribution in [0.3, 0.4) is 0 Å². The molecule has 2 aromatic rings. The minimum atomic E-state index is -0.224. The minimum Gasteiger partial charge on any atom is -0.348 e. The maximum absolute atomic E-state index is 12.5. The number of benzene rings is 1. The van der Waals surface area contributed by atoms with E-state index >= 15 is 0 Å². The van der Waals surface area contributed by atoms with E-state index in [1.165, 1.54) is 4.57 Å². The van der Waals surface area contributed by atoms with Gasteiger partial charge < -0.3 is 5.32 Å². The van der Waals surface area contributed by atoms with Crippen LogP contribution in [0.4, 0.5) is 0 Å². The predicted molar refractivity (Wildman–Crippen MR) is 82.1 cm³/mol. The van der Waals surface area contributed by atoms with Crippen molar-refractivity contribution in [1.82, 2.24) is 9.88 Å². The number of amides is 1. The van der Waals surface area contributed by atoms with Gasteiger partial charge in [0.25, 0.3) is 11.5 Å². The molecule has 0 atom stereocenters. The molecule has 1 amide bonds. The van der Waals surface area contributed by atoms with Crippen LogP contribution in [0.2, 0.25) is 0 Å². The lowest BCUT2D eigenvalue weighted by molar-refractivity contribution is 0.0907. The number of aromatic nitrogens is 1. The second-order valence-corrected chi connectivity index (χ2v) is 5.31. The Balaban J connectivity index is 2.10. The lowest BCUT2D eigenvalue weighted by Crippen LogP contribution is -2.41. The molecule has 0 radical (unpaired) electrons. The third-order valence-electron chi connectivity index (χ3n) is 3.94. The molecule has 1 N–H and O–H groups in total. The molecular formula is C17H16N2O2.